The molecule has 0 fully saturated rings. The Morgan fingerprint density at radius 2 is 2.33 bits per heavy atom. The van der Waals surface area contributed by atoms with E-state index in [0.717, 1.165) is 4.67 Å². The van der Waals surface area contributed by atoms with Crippen LogP contribution in [0.5, 0.6) is 0 Å². The van der Waals surface area contributed by atoms with Crippen molar-refractivity contribution < 1.29 is 4.74 Å². The second kappa shape index (κ2) is 3.22. The Bertz CT molecular complexity index is 58.6. The lowest BCUT2D eigenvalue weighted by Gasteiger charge is -1.89. The molecule has 1 nitrogen and oxygen atoms in total. The third-order valence-corrected chi connectivity index (χ3v) is 1.20. The summed E-state index contributed by atoms with van der Waals surface area (Å²) < 4.78 is 5.46. The average Bonchev–Trinajstić information content (AvgIpc) is 1.65. The first kappa shape index (κ1) is 6.02. The second-order valence-electron chi connectivity index (χ2n) is 0.797. The lowest BCUT2D eigenvalue weighted by atomic mass is 10.7. The number of allylic oxidation sites excluding steroid dienone is 1. The van der Waals surface area contributed by atoms with E-state index in [-0.39, 0.29) is 0 Å². The van der Waals surface area contributed by atoms with Gasteiger partial charge in [-0.2, -0.15) is 0 Å². The summed E-state index contributed by atoms with van der Waals surface area (Å²) in [6.45, 7) is 1.90. The molecule has 0 saturated carbocycles. The van der Waals surface area contributed by atoms with Gasteiger partial charge in [0.1, 0.15) is 0 Å². The largest absolute Gasteiger partial charge is 0.490 e. The van der Waals surface area contributed by atoms with Crippen molar-refractivity contribution in [3.05, 3.63) is 10.7 Å². The molecule has 0 aromatic rings. The highest BCUT2D eigenvalue weighted by Crippen LogP contribution is 2.01. The summed E-state index contributed by atoms with van der Waals surface area (Å²) >= 11 is 3.11. The standard InChI is InChI=1S/C4H7BrO/c1-3-4(5)6-2/h3H,1-2H3/b4-3-. The van der Waals surface area contributed by atoms with Gasteiger partial charge in [0.05, 0.1) is 7.11 Å². The van der Waals surface area contributed by atoms with Crippen LogP contribution in [0.25, 0.3) is 0 Å². The molecule has 0 aliphatic carbocycles. The molecule has 0 saturated heterocycles. The Balaban J connectivity index is 3.22. The molecule has 0 bridgehead atoms. The Morgan fingerprint density at radius 3 is 2.33 bits per heavy atom. The molecule has 2 heteroatoms. The predicted octanol–water partition coefficient (Wildman–Crippen LogP) is 1.89. The zero-order valence-electron chi connectivity index (χ0n) is 3.86. The van der Waals surface area contributed by atoms with Crippen LogP contribution in [0.4, 0.5) is 0 Å². The van der Waals surface area contributed by atoms with Crippen LogP contribution in [0.2, 0.25) is 0 Å². The van der Waals surface area contributed by atoms with Crippen molar-refractivity contribution in [1.82, 2.24) is 0 Å². The molecule has 0 aliphatic rings. The monoisotopic (exact) mass is 150 g/mol. The molecule has 0 N–H and O–H groups in total. The molecule has 36 valence electrons. The van der Waals surface area contributed by atoms with Crippen LogP contribution in [-0.2, 0) is 4.74 Å². The summed E-state index contributed by atoms with van der Waals surface area (Å²) in [5, 5.41) is 0. The predicted molar refractivity (Wildman–Crippen MR) is 29.7 cm³/mol. The average molecular weight is 151 g/mol. The Hall–Kier alpha value is 0.0200. The Labute approximate surface area is 46.1 Å². The van der Waals surface area contributed by atoms with Gasteiger partial charge in [0.15, 0.2) is 4.67 Å². The van der Waals surface area contributed by atoms with Crippen molar-refractivity contribution in [2.45, 2.75) is 6.92 Å². The number of halogens is 1. The van der Waals surface area contributed by atoms with Gasteiger partial charge in [-0.05, 0) is 28.9 Å². The summed E-state index contributed by atoms with van der Waals surface area (Å²) in [5.41, 5.74) is 0. The summed E-state index contributed by atoms with van der Waals surface area (Å²) in [6, 6.07) is 0. The van der Waals surface area contributed by atoms with Gasteiger partial charge in [0.2, 0.25) is 0 Å². The fourth-order valence-electron chi connectivity index (χ4n) is 0.118. The van der Waals surface area contributed by atoms with Crippen molar-refractivity contribution in [3.63, 3.8) is 0 Å². The Kier molecular flexibility index (Phi) is 3.23. The number of rotatable bonds is 1. The van der Waals surface area contributed by atoms with Gasteiger partial charge in [-0.15, -0.1) is 0 Å². The third-order valence-electron chi connectivity index (χ3n) is 0.422. The van der Waals surface area contributed by atoms with Crippen molar-refractivity contribution in [2.75, 3.05) is 7.11 Å². The maximum absolute atomic E-state index is 4.68. The van der Waals surface area contributed by atoms with E-state index < -0.39 is 0 Å². The first-order valence-corrected chi connectivity index (χ1v) is 2.46. The maximum atomic E-state index is 4.68. The minimum absolute atomic E-state index is 0.780. The number of methoxy groups -OCH3 is 1. The molecule has 0 radical (unpaired) electrons. The fourth-order valence-corrected chi connectivity index (χ4v) is 0.118. The molecule has 0 rings (SSSR count). The van der Waals surface area contributed by atoms with Crippen molar-refractivity contribution in [3.8, 4) is 0 Å². The van der Waals surface area contributed by atoms with Crippen molar-refractivity contribution in [1.29, 1.82) is 0 Å². The van der Waals surface area contributed by atoms with Crippen LogP contribution >= 0.6 is 15.9 Å². The molecule has 0 heterocycles. The molecule has 6 heavy (non-hydrogen) atoms. The summed E-state index contributed by atoms with van der Waals surface area (Å²) in [6.07, 6.45) is 1.83. The molecular formula is C4H7BrO. The SMILES string of the molecule is C/C=C(/Br)OC. The summed E-state index contributed by atoms with van der Waals surface area (Å²) in [4.78, 5) is 0. The van der Waals surface area contributed by atoms with Crippen LogP contribution in [0.1, 0.15) is 6.92 Å². The van der Waals surface area contributed by atoms with Gasteiger partial charge in [0, 0.05) is 0 Å². The maximum Gasteiger partial charge on any atom is 0.157 e. The Morgan fingerprint density at radius 1 is 1.83 bits per heavy atom. The van der Waals surface area contributed by atoms with Crippen LogP contribution in [0.3, 0.4) is 0 Å². The summed E-state index contributed by atoms with van der Waals surface area (Å²) in [7, 11) is 1.62. The van der Waals surface area contributed by atoms with Crippen LogP contribution in [0.15, 0.2) is 10.7 Å². The third kappa shape index (κ3) is 2.27. The second-order valence-corrected chi connectivity index (χ2v) is 1.58. The van der Waals surface area contributed by atoms with Crippen LogP contribution in [0, 0.1) is 0 Å². The topological polar surface area (TPSA) is 9.23 Å². The molecule has 0 aromatic heterocycles. The molecule has 0 aliphatic heterocycles. The summed E-state index contributed by atoms with van der Waals surface area (Å²) in [5.74, 6) is 0. The van der Waals surface area contributed by atoms with Gasteiger partial charge < -0.3 is 4.74 Å². The van der Waals surface area contributed by atoms with E-state index >= 15 is 0 Å². The highest BCUT2D eigenvalue weighted by atomic mass is 79.9. The first-order chi connectivity index (χ1) is 2.81. The highest BCUT2D eigenvalue weighted by molar-refractivity contribution is 9.11. The van der Waals surface area contributed by atoms with E-state index in [9.17, 15) is 0 Å². The van der Waals surface area contributed by atoms with Crippen LogP contribution < -0.4 is 0 Å². The van der Waals surface area contributed by atoms with Gasteiger partial charge in [-0.1, -0.05) is 0 Å². The normalized spacial score (nSPS) is 11.5. The van der Waals surface area contributed by atoms with E-state index in [4.69, 9.17) is 0 Å². The quantitative estimate of drug-likeness (QED) is 0.520. The highest BCUT2D eigenvalue weighted by Gasteiger charge is 1.75. The first-order valence-electron chi connectivity index (χ1n) is 1.67. The molecule has 0 spiro atoms. The van der Waals surface area contributed by atoms with Gasteiger partial charge in [-0.25, -0.2) is 0 Å². The van der Waals surface area contributed by atoms with E-state index in [1.54, 1.807) is 7.11 Å². The molecule has 0 unspecified atom stereocenters. The van der Waals surface area contributed by atoms with E-state index in [1.165, 1.54) is 0 Å². The number of hydrogen-bond acceptors (Lipinski definition) is 1. The zero-order chi connectivity index (χ0) is 4.99. The minimum atomic E-state index is 0.780. The smallest absolute Gasteiger partial charge is 0.157 e. The molecule has 0 amide bonds. The zero-order valence-corrected chi connectivity index (χ0v) is 5.45. The van der Waals surface area contributed by atoms with E-state index in [1.807, 2.05) is 13.0 Å². The lowest BCUT2D eigenvalue weighted by molar-refractivity contribution is 0.327. The van der Waals surface area contributed by atoms with Gasteiger partial charge in [-0.3, -0.25) is 0 Å². The van der Waals surface area contributed by atoms with Gasteiger partial charge >= 0.3 is 0 Å². The number of ether oxygens (including phenoxy) is 1. The molecular weight excluding hydrogens is 144 g/mol. The minimum Gasteiger partial charge on any atom is -0.490 e. The number of hydrogen-bond donors (Lipinski definition) is 0. The van der Waals surface area contributed by atoms with Gasteiger partial charge in [0.25, 0.3) is 0 Å². The van der Waals surface area contributed by atoms with E-state index in [0.29, 0.717) is 0 Å². The van der Waals surface area contributed by atoms with Crippen molar-refractivity contribution >= 4 is 15.9 Å². The molecule has 0 atom stereocenters. The lowest BCUT2D eigenvalue weighted by Crippen LogP contribution is -1.69. The fraction of sp³-hybridized carbons (Fsp3) is 0.500. The molecule has 0 aromatic carbocycles. The van der Waals surface area contributed by atoms with Crippen molar-refractivity contribution in [2.24, 2.45) is 0 Å². The van der Waals surface area contributed by atoms with Crippen LogP contribution in [-0.4, -0.2) is 7.11 Å². The van der Waals surface area contributed by atoms with E-state index in [2.05, 4.69) is 20.7 Å².